The molecule has 0 saturated heterocycles. The highest BCUT2D eigenvalue weighted by Gasteiger charge is 2.39. The van der Waals surface area contributed by atoms with E-state index in [1.807, 2.05) is 60.5 Å². The SMILES string of the molecule is CCCCC=CC(CC=C=O)OC(c1ccccc1)(c1ccccc1)c1ccccc1. The number of hydrogen-bond donors (Lipinski definition) is 0. The summed E-state index contributed by atoms with van der Waals surface area (Å²) in [5, 5.41) is 0. The summed E-state index contributed by atoms with van der Waals surface area (Å²) < 4.78 is 6.98. The van der Waals surface area contributed by atoms with Crippen LogP contribution in [0.2, 0.25) is 0 Å². The minimum atomic E-state index is -0.805. The number of benzene rings is 3. The van der Waals surface area contributed by atoms with Crippen molar-refractivity contribution in [2.75, 3.05) is 0 Å². The summed E-state index contributed by atoms with van der Waals surface area (Å²) in [7, 11) is 0. The predicted octanol–water partition coefficient (Wildman–Crippen LogP) is 6.89. The summed E-state index contributed by atoms with van der Waals surface area (Å²) in [6.45, 7) is 2.18. The van der Waals surface area contributed by atoms with Crippen molar-refractivity contribution in [2.24, 2.45) is 0 Å². The Hall–Kier alpha value is -3.19. The van der Waals surface area contributed by atoms with Gasteiger partial charge >= 0.3 is 0 Å². The molecule has 0 bridgehead atoms. The average molecular weight is 411 g/mol. The van der Waals surface area contributed by atoms with Crippen LogP contribution in [0.15, 0.2) is 109 Å². The zero-order valence-electron chi connectivity index (χ0n) is 18.1. The molecule has 0 aromatic heterocycles. The Morgan fingerprint density at radius 3 is 1.74 bits per heavy atom. The quantitative estimate of drug-likeness (QED) is 0.149. The highest BCUT2D eigenvalue weighted by molar-refractivity contribution is 5.48. The highest BCUT2D eigenvalue weighted by atomic mass is 16.5. The maximum absolute atomic E-state index is 11.0. The molecule has 0 N–H and O–H groups in total. The molecule has 1 unspecified atom stereocenters. The monoisotopic (exact) mass is 410 g/mol. The predicted molar refractivity (Wildman–Crippen MR) is 128 cm³/mol. The maximum atomic E-state index is 11.0. The van der Waals surface area contributed by atoms with Gasteiger partial charge in [0.15, 0.2) is 0 Å². The van der Waals surface area contributed by atoms with Crippen LogP contribution >= 0.6 is 0 Å². The molecule has 2 nitrogen and oxygen atoms in total. The number of hydrogen-bond acceptors (Lipinski definition) is 2. The van der Waals surface area contributed by atoms with Crippen molar-refractivity contribution >= 4 is 5.94 Å². The van der Waals surface area contributed by atoms with Crippen molar-refractivity contribution in [1.29, 1.82) is 0 Å². The molecule has 0 amide bonds. The number of rotatable bonds is 11. The van der Waals surface area contributed by atoms with Crippen molar-refractivity contribution in [3.63, 3.8) is 0 Å². The topological polar surface area (TPSA) is 26.3 Å². The molecule has 31 heavy (non-hydrogen) atoms. The fraction of sp³-hybridized carbons (Fsp3) is 0.241. The Bertz CT molecular complexity index is 874. The Kier molecular flexibility index (Phi) is 8.60. The first-order chi connectivity index (χ1) is 15.3. The van der Waals surface area contributed by atoms with Gasteiger partial charge in [-0.15, -0.1) is 0 Å². The number of carbonyl (C=O) groups excluding carboxylic acids is 1. The van der Waals surface area contributed by atoms with Crippen LogP contribution < -0.4 is 0 Å². The third-order valence-electron chi connectivity index (χ3n) is 5.38. The molecule has 0 saturated carbocycles. The summed E-state index contributed by atoms with van der Waals surface area (Å²) in [6.07, 6.45) is 9.25. The van der Waals surface area contributed by atoms with E-state index in [0.717, 1.165) is 36.0 Å². The van der Waals surface area contributed by atoms with E-state index in [0.29, 0.717) is 6.42 Å². The van der Waals surface area contributed by atoms with E-state index in [1.165, 1.54) is 6.08 Å². The van der Waals surface area contributed by atoms with Gasteiger partial charge in [-0.3, -0.25) is 0 Å². The second kappa shape index (κ2) is 11.9. The third-order valence-corrected chi connectivity index (χ3v) is 5.38. The lowest BCUT2D eigenvalue weighted by atomic mass is 9.80. The van der Waals surface area contributed by atoms with Gasteiger partial charge in [0.25, 0.3) is 0 Å². The molecule has 3 rings (SSSR count). The minimum absolute atomic E-state index is 0.265. The van der Waals surface area contributed by atoms with Gasteiger partial charge in [0.05, 0.1) is 6.10 Å². The first-order valence-corrected chi connectivity index (χ1v) is 11.0. The van der Waals surface area contributed by atoms with E-state index in [9.17, 15) is 4.79 Å². The van der Waals surface area contributed by atoms with Gasteiger partial charge in [0.2, 0.25) is 0 Å². The Morgan fingerprint density at radius 1 is 0.839 bits per heavy atom. The van der Waals surface area contributed by atoms with Crippen molar-refractivity contribution < 1.29 is 9.53 Å². The molecule has 0 heterocycles. The molecule has 2 heteroatoms. The van der Waals surface area contributed by atoms with Crippen molar-refractivity contribution in [3.8, 4) is 0 Å². The smallest absolute Gasteiger partial charge is 0.144 e. The molecule has 0 aliphatic rings. The zero-order valence-corrected chi connectivity index (χ0v) is 18.1. The van der Waals surface area contributed by atoms with Crippen LogP contribution in [0.25, 0.3) is 0 Å². The largest absolute Gasteiger partial charge is 0.353 e. The van der Waals surface area contributed by atoms with Gasteiger partial charge < -0.3 is 4.74 Å². The van der Waals surface area contributed by atoms with Crippen LogP contribution in [0.5, 0.6) is 0 Å². The van der Waals surface area contributed by atoms with Gasteiger partial charge in [0.1, 0.15) is 11.5 Å². The summed E-state index contributed by atoms with van der Waals surface area (Å²) in [5.41, 5.74) is 2.35. The summed E-state index contributed by atoms with van der Waals surface area (Å²) in [5.74, 6) is 1.92. The Labute approximate surface area is 185 Å². The molecule has 0 radical (unpaired) electrons. The molecule has 0 fully saturated rings. The molecule has 0 aliphatic heterocycles. The minimum Gasteiger partial charge on any atom is -0.353 e. The number of unbranched alkanes of at least 4 members (excludes halogenated alkanes) is 2. The Morgan fingerprint density at radius 2 is 1.32 bits per heavy atom. The van der Waals surface area contributed by atoms with E-state index in [1.54, 1.807) is 0 Å². The fourth-order valence-corrected chi connectivity index (χ4v) is 3.85. The van der Waals surface area contributed by atoms with Gasteiger partial charge in [0, 0.05) is 12.5 Å². The standard InChI is InChI=1S/C29H30O2/c1-2-3-4-14-22-28(23-15-24-30)31-29(25-16-8-5-9-17-25,26-18-10-6-11-19-26)27-20-12-7-13-21-27/h5-22,28H,2-4,23H2,1H3. The van der Waals surface area contributed by atoms with Gasteiger partial charge in [-0.2, -0.15) is 0 Å². The summed E-state index contributed by atoms with van der Waals surface area (Å²) in [6, 6.07) is 30.9. The number of allylic oxidation sites excluding steroid dienone is 1. The first-order valence-electron chi connectivity index (χ1n) is 11.0. The maximum Gasteiger partial charge on any atom is 0.144 e. The highest BCUT2D eigenvalue weighted by Crippen LogP contribution is 2.41. The first kappa shape index (κ1) is 22.5. The molecule has 158 valence electrons. The molecule has 0 spiro atoms. The van der Waals surface area contributed by atoms with Gasteiger partial charge in [-0.1, -0.05) is 123 Å². The number of ether oxygens (including phenoxy) is 1. The van der Waals surface area contributed by atoms with E-state index >= 15 is 0 Å². The van der Waals surface area contributed by atoms with E-state index in [2.05, 4.69) is 55.5 Å². The lowest BCUT2D eigenvalue weighted by molar-refractivity contribution is -0.0228. The van der Waals surface area contributed by atoms with Crippen LogP contribution in [-0.4, -0.2) is 12.0 Å². The van der Waals surface area contributed by atoms with E-state index < -0.39 is 5.60 Å². The second-order valence-corrected chi connectivity index (χ2v) is 7.56. The van der Waals surface area contributed by atoms with Crippen LogP contribution in [0.4, 0.5) is 0 Å². The lowest BCUT2D eigenvalue weighted by Gasteiger charge is -2.38. The summed E-state index contributed by atoms with van der Waals surface area (Å²) in [4.78, 5) is 11.0. The fourth-order valence-electron chi connectivity index (χ4n) is 3.85. The van der Waals surface area contributed by atoms with Crippen molar-refractivity contribution in [2.45, 2.75) is 44.3 Å². The van der Waals surface area contributed by atoms with Gasteiger partial charge in [-0.25, -0.2) is 4.79 Å². The zero-order chi connectivity index (χ0) is 21.8. The van der Waals surface area contributed by atoms with Gasteiger partial charge in [-0.05, 0) is 23.1 Å². The molecule has 3 aromatic rings. The molecular formula is C29H30O2. The molecular weight excluding hydrogens is 380 g/mol. The summed E-state index contributed by atoms with van der Waals surface area (Å²) >= 11 is 0. The van der Waals surface area contributed by atoms with Crippen LogP contribution in [0, 0.1) is 0 Å². The van der Waals surface area contributed by atoms with Crippen LogP contribution in [0.3, 0.4) is 0 Å². The molecule has 0 aliphatic carbocycles. The van der Waals surface area contributed by atoms with Crippen LogP contribution in [0.1, 0.15) is 49.3 Å². The van der Waals surface area contributed by atoms with Crippen LogP contribution in [-0.2, 0) is 15.1 Å². The average Bonchev–Trinajstić information content (AvgIpc) is 2.85. The van der Waals surface area contributed by atoms with E-state index in [-0.39, 0.29) is 6.10 Å². The van der Waals surface area contributed by atoms with E-state index in [4.69, 9.17) is 4.74 Å². The Balaban J connectivity index is 2.16. The second-order valence-electron chi connectivity index (χ2n) is 7.56. The molecule has 3 aromatic carbocycles. The molecule has 1 atom stereocenters. The third kappa shape index (κ3) is 5.70. The lowest BCUT2D eigenvalue weighted by Crippen LogP contribution is -2.36. The normalized spacial score (nSPS) is 12.4. The van der Waals surface area contributed by atoms with Crippen molar-refractivity contribution in [3.05, 3.63) is 126 Å². The van der Waals surface area contributed by atoms with Crippen molar-refractivity contribution in [1.82, 2.24) is 0 Å².